The van der Waals surface area contributed by atoms with Gasteiger partial charge in [0.2, 0.25) is 5.91 Å². The highest BCUT2D eigenvalue weighted by Gasteiger charge is 2.38. The standard InChI is InChI=1S/C62H69N15O4/c1-69-48(35-51-50(20-25-64-60(51)69)47-11-16-55(63)65-36-47)40-71-26-23-45(24-27-71)44-7-9-46(10-8-44)59-67-66-56-17-18-57(68-77(56)59)74-28-21-42(22-29-74)37-72-30-32-73(33-31-72)38-43-6-14-52-54(34-43)70(2)62(80)76(52)53-15-19-58(78)75(61(53)79)39-41-4-12-49(81-3)13-5-41/h4-14,16-18,20,25,34-36,42,45,53H,15,19,21-24,26-33,37-40H2,1-3H3,(H2,63,65). The number of nitrogens with zero attached hydrogens (tertiary/aromatic N) is 14. The maximum Gasteiger partial charge on any atom is 0.329 e. The first kappa shape index (κ1) is 52.1. The summed E-state index contributed by atoms with van der Waals surface area (Å²) in [5.41, 5.74) is 16.6. The molecule has 4 saturated heterocycles. The third kappa shape index (κ3) is 10.3. The molecule has 0 spiro atoms. The van der Waals surface area contributed by atoms with Crippen LogP contribution in [0.1, 0.15) is 72.9 Å². The van der Waals surface area contributed by atoms with Gasteiger partial charge >= 0.3 is 5.69 Å². The van der Waals surface area contributed by atoms with E-state index in [0.29, 0.717) is 35.3 Å². The second kappa shape index (κ2) is 22.0. The van der Waals surface area contributed by atoms with E-state index >= 15 is 0 Å². The molecule has 0 bridgehead atoms. The number of imidazole rings is 1. The number of piperidine rings is 3. The zero-order chi connectivity index (χ0) is 55.3. The molecule has 0 radical (unpaired) electrons. The van der Waals surface area contributed by atoms with Crippen LogP contribution in [0.5, 0.6) is 5.75 Å². The fraction of sp³-hybridized carbons (Fsp3) is 0.387. The number of rotatable bonds is 14. The minimum atomic E-state index is -0.751. The molecular weight excluding hydrogens is 1020 g/mol. The van der Waals surface area contributed by atoms with Gasteiger partial charge < -0.3 is 24.8 Å². The molecule has 0 aliphatic carbocycles. The maximum atomic E-state index is 13.9. The zero-order valence-electron chi connectivity index (χ0n) is 46.4. The number of anilines is 2. The average molecular weight is 1090 g/mol. The fourth-order valence-electron chi connectivity index (χ4n) is 13.0. The van der Waals surface area contributed by atoms with E-state index in [9.17, 15) is 14.4 Å². The Morgan fingerprint density at radius 2 is 1.40 bits per heavy atom. The summed E-state index contributed by atoms with van der Waals surface area (Å²) in [6, 6.07) is 34.0. The van der Waals surface area contributed by atoms with Crippen molar-refractivity contribution in [1.29, 1.82) is 0 Å². The summed E-state index contributed by atoms with van der Waals surface area (Å²) < 4.78 is 12.6. The molecule has 6 aromatic heterocycles. The van der Waals surface area contributed by atoms with Crippen molar-refractivity contribution in [2.75, 3.05) is 76.6 Å². The third-order valence-electron chi connectivity index (χ3n) is 17.8. The van der Waals surface area contributed by atoms with Gasteiger partial charge in [0.15, 0.2) is 11.5 Å². The number of benzene rings is 3. The Morgan fingerprint density at radius 1 is 0.654 bits per heavy atom. The molecule has 4 fully saturated rings. The number of methoxy groups -OCH3 is 1. The van der Waals surface area contributed by atoms with Crippen LogP contribution in [0.4, 0.5) is 11.6 Å². The highest BCUT2D eigenvalue weighted by Crippen LogP contribution is 2.35. The van der Waals surface area contributed by atoms with Crippen LogP contribution in [0, 0.1) is 5.92 Å². The van der Waals surface area contributed by atoms with Gasteiger partial charge in [-0.1, -0.05) is 42.5 Å². The minimum Gasteiger partial charge on any atom is -0.497 e. The zero-order valence-corrected chi connectivity index (χ0v) is 46.4. The van der Waals surface area contributed by atoms with E-state index in [2.05, 4.69) is 101 Å². The quantitative estimate of drug-likeness (QED) is 0.107. The van der Waals surface area contributed by atoms with Crippen molar-refractivity contribution in [2.45, 2.75) is 70.1 Å². The Balaban J connectivity index is 0.578. The van der Waals surface area contributed by atoms with E-state index in [1.165, 1.54) is 16.2 Å². The first-order valence-corrected chi connectivity index (χ1v) is 28.6. The van der Waals surface area contributed by atoms with Crippen molar-refractivity contribution in [3.05, 3.63) is 148 Å². The van der Waals surface area contributed by atoms with Gasteiger partial charge in [0.05, 0.1) is 24.7 Å². The molecule has 19 nitrogen and oxygen atoms in total. The number of hydrogen-bond acceptors (Lipinski definition) is 14. The van der Waals surface area contributed by atoms with E-state index in [4.69, 9.17) is 20.6 Å². The van der Waals surface area contributed by atoms with E-state index in [1.807, 2.05) is 65.4 Å². The third-order valence-corrected chi connectivity index (χ3v) is 17.8. The number of hydrogen-bond donors (Lipinski definition) is 1. The van der Waals surface area contributed by atoms with Gasteiger partial charge in [-0.05, 0) is 140 Å². The maximum absolute atomic E-state index is 13.9. The van der Waals surface area contributed by atoms with Crippen LogP contribution < -0.4 is 21.1 Å². The molecule has 1 unspecified atom stereocenters. The summed E-state index contributed by atoms with van der Waals surface area (Å²) in [4.78, 5) is 61.2. The van der Waals surface area contributed by atoms with E-state index < -0.39 is 6.04 Å². The molecule has 416 valence electrons. The van der Waals surface area contributed by atoms with Crippen molar-refractivity contribution in [3.63, 3.8) is 0 Å². The minimum absolute atomic E-state index is 0.151. The normalized spacial score (nSPS) is 18.5. The predicted molar refractivity (Wildman–Crippen MR) is 312 cm³/mol. The van der Waals surface area contributed by atoms with Gasteiger partial charge in [0, 0.05) is 114 Å². The summed E-state index contributed by atoms with van der Waals surface area (Å²) in [6.07, 6.45) is 8.63. The molecule has 2 amide bonds. The highest BCUT2D eigenvalue weighted by molar-refractivity contribution is 6.00. The van der Waals surface area contributed by atoms with Crippen LogP contribution in [-0.2, 0) is 43.3 Å². The van der Waals surface area contributed by atoms with Gasteiger partial charge in [-0.2, -0.15) is 4.52 Å². The summed E-state index contributed by atoms with van der Waals surface area (Å²) in [6.45, 7) is 10.8. The number of nitrogens with two attached hydrogens (primary N) is 1. The summed E-state index contributed by atoms with van der Waals surface area (Å²) in [5.74, 6) is 3.48. The van der Waals surface area contributed by atoms with Crippen molar-refractivity contribution in [2.24, 2.45) is 20.0 Å². The number of carbonyl (C=O) groups excluding carboxylic acids is 2. The Labute approximate surface area is 470 Å². The topological polar surface area (TPSA) is 186 Å². The molecule has 4 aliphatic rings. The molecule has 0 saturated carbocycles. The number of aryl methyl sites for hydroxylation is 2. The van der Waals surface area contributed by atoms with Gasteiger partial charge in [-0.25, -0.2) is 14.8 Å². The molecule has 2 N–H and O–H groups in total. The van der Waals surface area contributed by atoms with E-state index in [0.717, 1.165) is 159 Å². The lowest BCUT2D eigenvalue weighted by atomic mass is 9.89. The van der Waals surface area contributed by atoms with Crippen molar-refractivity contribution < 1.29 is 14.3 Å². The summed E-state index contributed by atoms with van der Waals surface area (Å²) in [7, 11) is 5.48. The Kier molecular flexibility index (Phi) is 14.2. The SMILES string of the molecule is COc1ccc(CN2C(=O)CCC(n3c(=O)n(C)c4cc(CN5CCN(CC6CCN(c7ccc8nnc(-c9ccc(C%10CCN(Cc%11cc%12c(-c%13ccc(N)nc%13)ccnc%12n%11C)CC%10)cc9)n8n7)CC6)CC5)ccc43)C2=O)cc1. The number of amides is 2. The number of aromatic nitrogens is 9. The number of ether oxygens (including phenoxy) is 1. The monoisotopic (exact) mass is 1090 g/mol. The lowest BCUT2D eigenvalue weighted by molar-refractivity contribution is -0.151. The van der Waals surface area contributed by atoms with Crippen LogP contribution in [0.3, 0.4) is 0 Å². The molecule has 13 rings (SSSR count). The van der Waals surface area contributed by atoms with Crippen LogP contribution >= 0.6 is 0 Å². The van der Waals surface area contributed by atoms with Crippen molar-refractivity contribution >= 4 is 51.2 Å². The first-order valence-electron chi connectivity index (χ1n) is 28.6. The molecule has 19 heteroatoms. The summed E-state index contributed by atoms with van der Waals surface area (Å²) >= 11 is 0. The lowest BCUT2D eigenvalue weighted by Crippen LogP contribution is -2.48. The second-order valence-electron chi connectivity index (χ2n) is 22.7. The van der Waals surface area contributed by atoms with Crippen LogP contribution in [0.2, 0.25) is 0 Å². The fourth-order valence-corrected chi connectivity index (χ4v) is 13.0. The summed E-state index contributed by atoms with van der Waals surface area (Å²) in [5, 5.41) is 15.4. The molecule has 9 aromatic rings. The van der Waals surface area contributed by atoms with Gasteiger partial charge in [-0.3, -0.25) is 33.4 Å². The Bertz CT molecular complexity index is 3820. The Hall–Kier alpha value is -8.26. The lowest BCUT2D eigenvalue weighted by Gasteiger charge is -2.39. The Morgan fingerprint density at radius 3 is 2.15 bits per heavy atom. The molecule has 1 atom stereocenters. The number of piperazine rings is 1. The second-order valence-corrected chi connectivity index (χ2v) is 22.7. The van der Waals surface area contributed by atoms with Crippen molar-refractivity contribution in [3.8, 4) is 28.3 Å². The van der Waals surface area contributed by atoms with Crippen LogP contribution in [0.25, 0.3) is 50.2 Å². The van der Waals surface area contributed by atoms with Gasteiger partial charge in [0.1, 0.15) is 29.1 Å². The number of imide groups is 1. The molecule has 3 aromatic carbocycles. The van der Waals surface area contributed by atoms with Gasteiger partial charge in [0.25, 0.3) is 5.91 Å². The van der Waals surface area contributed by atoms with Crippen LogP contribution in [0.15, 0.2) is 120 Å². The predicted octanol–water partition coefficient (Wildman–Crippen LogP) is 7.29. The van der Waals surface area contributed by atoms with E-state index in [-0.39, 0.29) is 30.5 Å². The number of likely N-dealkylation sites (tertiary alicyclic amines) is 2. The number of fused-ring (bicyclic) bond motifs is 3. The smallest absolute Gasteiger partial charge is 0.329 e. The highest BCUT2D eigenvalue weighted by atomic mass is 16.5. The molecule has 4 aliphatic heterocycles. The largest absolute Gasteiger partial charge is 0.497 e. The van der Waals surface area contributed by atoms with E-state index in [1.54, 1.807) is 23.3 Å². The van der Waals surface area contributed by atoms with Crippen molar-refractivity contribution in [1.82, 2.24) is 63.1 Å². The molecular formula is C62H69N15O4. The van der Waals surface area contributed by atoms with Gasteiger partial charge in [-0.15, -0.1) is 15.3 Å². The number of carbonyl (C=O) groups is 2. The average Bonchev–Trinajstić information content (AvgIpc) is 4.26. The molecule has 81 heavy (non-hydrogen) atoms. The van der Waals surface area contributed by atoms with Crippen LogP contribution in [-0.4, -0.2) is 141 Å². The number of nitrogen functional groups attached to an aromatic ring is 1. The number of pyridine rings is 2. The first-order chi connectivity index (χ1) is 39.5. The molecule has 10 heterocycles.